The quantitative estimate of drug-likeness (QED) is 0.755. The largest absolute Gasteiger partial charge is 0.478 e. The number of carboxylic acid groups (broad SMARTS) is 1. The highest BCUT2D eigenvalue weighted by Crippen LogP contribution is 2.25. The third-order valence-corrected chi connectivity index (χ3v) is 4.71. The highest BCUT2D eigenvalue weighted by Gasteiger charge is 2.15. The van der Waals surface area contributed by atoms with E-state index in [1.807, 2.05) is 0 Å². The average molecular weight is 335 g/mol. The summed E-state index contributed by atoms with van der Waals surface area (Å²) >= 11 is 0. The second kappa shape index (κ2) is 7.36. The third-order valence-electron chi connectivity index (χ3n) is 3.23. The van der Waals surface area contributed by atoms with Gasteiger partial charge in [0.1, 0.15) is 0 Å². The van der Waals surface area contributed by atoms with E-state index in [-0.39, 0.29) is 23.6 Å². The van der Waals surface area contributed by atoms with Gasteiger partial charge in [-0.25, -0.2) is 17.9 Å². The molecule has 23 heavy (non-hydrogen) atoms. The molecule has 0 aliphatic carbocycles. The first kappa shape index (κ1) is 17.1. The minimum Gasteiger partial charge on any atom is -0.478 e. The maximum atomic E-state index is 12.1. The minimum absolute atomic E-state index is 0.116. The van der Waals surface area contributed by atoms with E-state index in [2.05, 4.69) is 4.72 Å². The second-order valence-electron chi connectivity index (χ2n) is 4.77. The standard InChI is InChI=1S/C16H17NO5S/c1-22-11-10-17-23(20,21)13-8-6-12(7-9-13)14-4-2-3-5-15(14)16(18)19/h2-9,17H,10-11H2,1H3,(H,18,19). The molecule has 0 fully saturated rings. The van der Waals surface area contributed by atoms with Crippen LogP contribution in [0.1, 0.15) is 10.4 Å². The van der Waals surface area contributed by atoms with Gasteiger partial charge in [-0.1, -0.05) is 30.3 Å². The van der Waals surface area contributed by atoms with Gasteiger partial charge in [0.2, 0.25) is 10.0 Å². The van der Waals surface area contributed by atoms with Crippen molar-refractivity contribution in [2.24, 2.45) is 0 Å². The number of hydrogen-bond acceptors (Lipinski definition) is 4. The van der Waals surface area contributed by atoms with Crippen LogP contribution in [0.25, 0.3) is 11.1 Å². The van der Waals surface area contributed by atoms with Gasteiger partial charge >= 0.3 is 5.97 Å². The van der Waals surface area contributed by atoms with Gasteiger partial charge in [-0.3, -0.25) is 0 Å². The Morgan fingerprint density at radius 1 is 1.13 bits per heavy atom. The summed E-state index contributed by atoms with van der Waals surface area (Å²) in [5, 5.41) is 9.21. The van der Waals surface area contributed by atoms with E-state index >= 15 is 0 Å². The van der Waals surface area contributed by atoms with Crippen LogP contribution in [0.15, 0.2) is 53.4 Å². The number of ether oxygens (including phenoxy) is 1. The Morgan fingerprint density at radius 3 is 2.39 bits per heavy atom. The van der Waals surface area contributed by atoms with Crippen molar-refractivity contribution in [2.75, 3.05) is 20.3 Å². The molecular weight excluding hydrogens is 318 g/mol. The predicted molar refractivity (Wildman–Crippen MR) is 85.9 cm³/mol. The number of hydrogen-bond donors (Lipinski definition) is 2. The summed E-state index contributed by atoms with van der Waals surface area (Å²) in [6.07, 6.45) is 0. The van der Waals surface area contributed by atoms with Crippen molar-refractivity contribution in [1.82, 2.24) is 4.72 Å². The molecule has 2 aromatic rings. The first-order valence-corrected chi connectivity index (χ1v) is 8.35. The van der Waals surface area contributed by atoms with Crippen LogP contribution in [0.4, 0.5) is 0 Å². The molecule has 2 aromatic carbocycles. The van der Waals surface area contributed by atoms with Crippen molar-refractivity contribution in [2.45, 2.75) is 4.90 Å². The second-order valence-corrected chi connectivity index (χ2v) is 6.53. The van der Waals surface area contributed by atoms with E-state index < -0.39 is 16.0 Å². The molecule has 0 aliphatic heterocycles. The zero-order valence-corrected chi connectivity index (χ0v) is 13.3. The molecule has 0 aromatic heterocycles. The Bertz CT molecular complexity index is 784. The van der Waals surface area contributed by atoms with Crippen molar-refractivity contribution in [1.29, 1.82) is 0 Å². The van der Waals surface area contributed by atoms with Gasteiger partial charge in [-0.2, -0.15) is 0 Å². The van der Waals surface area contributed by atoms with Gasteiger partial charge in [0, 0.05) is 13.7 Å². The molecule has 0 unspecified atom stereocenters. The third kappa shape index (κ3) is 4.16. The zero-order chi connectivity index (χ0) is 16.9. The Morgan fingerprint density at radius 2 is 1.78 bits per heavy atom. The summed E-state index contributed by atoms with van der Waals surface area (Å²) in [5.74, 6) is -1.03. The van der Waals surface area contributed by atoms with Gasteiger partial charge in [0.25, 0.3) is 0 Å². The zero-order valence-electron chi connectivity index (χ0n) is 12.5. The van der Waals surface area contributed by atoms with Crippen LogP contribution in [0.3, 0.4) is 0 Å². The monoisotopic (exact) mass is 335 g/mol. The SMILES string of the molecule is COCCNS(=O)(=O)c1ccc(-c2ccccc2C(=O)O)cc1. The van der Waals surface area contributed by atoms with E-state index in [9.17, 15) is 18.3 Å². The summed E-state index contributed by atoms with van der Waals surface area (Å²) in [7, 11) is -2.12. The number of aromatic carboxylic acids is 1. The summed E-state index contributed by atoms with van der Waals surface area (Å²) in [5.41, 5.74) is 1.34. The number of rotatable bonds is 7. The first-order chi connectivity index (χ1) is 11.0. The fourth-order valence-electron chi connectivity index (χ4n) is 2.10. The smallest absolute Gasteiger partial charge is 0.336 e. The predicted octanol–water partition coefficient (Wildman–Crippen LogP) is 1.98. The van der Waals surface area contributed by atoms with Crippen LogP contribution in [-0.2, 0) is 14.8 Å². The normalized spacial score (nSPS) is 11.3. The highest BCUT2D eigenvalue weighted by atomic mass is 32.2. The molecule has 122 valence electrons. The molecule has 2 rings (SSSR count). The molecule has 0 radical (unpaired) electrons. The van der Waals surface area contributed by atoms with Gasteiger partial charge in [-0.15, -0.1) is 0 Å². The van der Waals surface area contributed by atoms with Crippen molar-refractivity contribution in [3.63, 3.8) is 0 Å². The van der Waals surface area contributed by atoms with Crippen molar-refractivity contribution in [3.8, 4) is 11.1 Å². The van der Waals surface area contributed by atoms with Gasteiger partial charge in [-0.05, 0) is 29.3 Å². The summed E-state index contributed by atoms with van der Waals surface area (Å²) < 4.78 is 31.4. The molecule has 0 saturated carbocycles. The first-order valence-electron chi connectivity index (χ1n) is 6.87. The van der Waals surface area contributed by atoms with Crippen LogP contribution in [0.5, 0.6) is 0 Å². The Labute approximate surface area is 134 Å². The maximum Gasteiger partial charge on any atom is 0.336 e. The minimum atomic E-state index is -3.60. The molecule has 0 aliphatic rings. The molecule has 0 saturated heterocycles. The molecule has 0 amide bonds. The average Bonchev–Trinajstić information content (AvgIpc) is 2.55. The number of methoxy groups -OCH3 is 1. The van der Waals surface area contributed by atoms with Gasteiger partial charge in [0.05, 0.1) is 17.1 Å². The lowest BCUT2D eigenvalue weighted by molar-refractivity contribution is 0.0697. The number of benzene rings is 2. The Balaban J connectivity index is 2.28. The van der Waals surface area contributed by atoms with Crippen LogP contribution in [0.2, 0.25) is 0 Å². The number of carbonyl (C=O) groups is 1. The van der Waals surface area contributed by atoms with Gasteiger partial charge < -0.3 is 9.84 Å². The number of nitrogens with one attached hydrogen (secondary N) is 1. The maximum absolute atomic E-state index is 12.1. The van der Waals surface area contributed by atoms with E-state index in [1.165, 1.54) is 25.3 Å². The van der Waals surface area contributed by atoms with Crippen LogP contribution in [0, 0.1) is 0 Å². The van der Waals surface area contributed by atoms with Crippen molar-refractivity contribution >= 4 is 16.0 Å². The molecule has 0 heterocycles. The molecule has 0 atom stereocenters. The molecule has 2 N–H and O–H groups in total. The lowest BCUT2D eigenvalue weighted by atomic mass is 10.00. The lowest BCUT2D eigenvalue weighted by Gasteiger charge is -2.09. The van der Waals surface area contributed by atoms with Crippen LogP contribution >= 0.6 is 0 Å². The Hall–Kier alpha value is -2.22. The molecule has 0 spiro atoms. The van der Waals surface area contributed by atoms with Crippen LogP contribution in [-0.4, -0.2) is 39.8 Å². The van der Waals surface area contributed by atoms with E-state index in [0.717, 1.165) is 0 Å². The summed E-state index contributed by atoms with van der Waals surface area (Å²) in [4.78, 5) is 11.4. The molecule has 7 heteroatoms. The van der Waals surface area contributed by atoms with E-state index in [0.29, 0.717) is 11.1 Å². The molecular formula is C16H17NO5S. The van der Waals surface area contributed by atoms with Crippen LogP contribution < -0.4 is 4.72 Å². The number of sulfonamides is 1. The topological polar surface area (TPSA) is 92.7 Å². The van der Waals surface area contributed by atoms with Gasteiger partial charge in [0.15, 0.2) is 0 Å². The highest BCUT2D eigenvalue weighted by molar-refractivity contribution is 7.89. The molecule has 0 bridgehead atoms. The van der Waals surface area contributed by atoms with Crippen molar-refractivity contribution in [3.05, 3.63) is 54.1 Å². The fraction of sp³-hybridized carbons (Fsp3) is 0.188. The molecule has 6 nitrogen and oxygen atoms in total. The number of carboxylic acids is 1. The lowest BCUT2D eigenvalue weighted by Crippen LogP contribution is -2.27. The van der Waals surface area contributed by atoms with Crippen molar-refractivity contribution < 1.29 is 23.1 Å². The van der Waals surface area contributed by atoms with E-state index in [1.54, 1.807) is 30.3 Å². The van der Waals surface area contributed by atoms with E-state index in [4.69, 9.17) is 4.74 Å². The fourth-order valence-corrected chi connectivity index (χ4v) is 3.11. The summed E-state index contributed by atoms with van der Waals surface area (Å²) in [6, 6.07) is 12.6. The summed E-state index contributed by atoms with van der Waals surface area (Å²) in [6.45, 7) is 0.464. The Kier molecular flexibility index (Phi) is 5.49.